The Kier molecular flexibility index (Phi) is 5.56. The maximum absolute atomic E-state index is 5.40. The van der Waals surface area contributed by atoms with Crippen molar-refractivity contribution in [2.45, 2.75) is 32.7 Å². The minimum absolute atomic E-state index is 0.404. The molecule has 0 aliphatic rings. The van der Waals surface area contributed by atoms with Crippen molar-refractivity contribution in [1.29, 1.82) is 0 Å². The number of ether oxygens (including phenoxy) is 1. The number of allylic oxidation sites excluding steroid dienone is 1. The van der Waals surface area contributed by atoms with Gasteiger partial charge in [0, 0.05) is 10.5 Å². The Morgan fingerprint density at radius 1 is 1.53 bits per heavy atom. The Labute approximate surface area is 112 Å². The average Bonchev–Trinajstić information content (AvgIpc) is 2.29. The molecule has 0 aromatic heterocycles. The van der Waals surface area contributed by atoms with E-state index in [1.807, 2.05) is 12.1 Å². The summed E-state index contributed by atoms with van der Waals surface area (Å²) in [6, 6.07) is 4.47. The lowest BCUT2D eigenvalue weighted by Crippen LogP contribution is -2.16. The molecule has 0 aliphatic carbocycles. The molecule has 1 N–H and O–H groups in total. The van der Waals surface area contributed by atoms with Crippen LogP contribution in [-0.4, -0.2) is 13.2 Å². The van der Waals surface area contributed by atoms with Crippen LogP contribution in [0, 0.1) is 6.92 Å². The first-order valence-corrected chi connectivity index (χ1v) is 6.59. The molecule has 0 heterocycles. The van der Waals surface area contributed by atoms with E-state index in [4.69, 9.17) is 4.74 Å². The number of hydrogen-bond acceptors (Lipinski definition) is 2. The largest absolute Gasteiger partial charge is 0.495 e. The van der Waals surface area contributed by atoms with E-state index >= 15 is 0 Å². The number of nitrogens with one attached hydrogen (secondary N) is 1. The standard InChI is InChI=1S/C14H20BrNO/c1-5-6-7-11(3)16-14-10(2)8-12(15)9-13(14)17-4/h5,8-9,11,16H,1,6-7H2,2-4H3. The van der Waals surface area contributed by atoms with Crippen LogP contribution in [0.2, 0.25) is 0 Å². The van der Waals surface area contributed by atoms with Crippen LogP contribution in [0.4, 0.5) is 5.69 Å². The Morgan fingerprint density at radius 3 is 2.82 bits per heavy atom. The fourth-order valence-corrected chi connectivity index (χ4v) is 2.30. The summed E-state index contributed by atoms with van der Waals surface area (Å²) in [5.41, 5.74) is 2.26. The molecule has 2 nitrogen and oxygen atoms in total. The maximum Gasteiger partial charge on any atom is 0.143 e. The van der Waals surface area contributed by atoms with Crippen molar-refractivity contribution in [1.82, 2.24) is 0 Å². The Bertz CT molecular complexity index is 390. The van der Waals surface area contributed by atoms with Crippen LogP contribution in [0.25, 0.3) is 0 Å². The van der Waals surface area contributed by atoms with Crippen molar-refractivity contribution in [3.8, 4) is 5.75 Å². The lowest BCUT2D eigenvalue weighted by atomic mass is 10.1. The zero-order chi connectivity index (χ0) is 12.8. The molecule has 0 aliphatic heterocycles. The number of hydrogen-bond donors (Lipinski definition) is 1. The van der Waals surface area contributed by atoms with Gasteiger partial charge >= 0.3 is 0 Å². The van der Waals surface area contributed by atoms with Gasteiger partial charge in [-0.3, -0.25) is 0 Å². The zero-order valence-electron chi connectivity index (χ0n) is 10.7. The van der Waals surface area contributed by atoms with E-state index in [1.165, 1.54) is 5.56 Å². The monoisotopic (exact) mass is 297 g/mol. The van der Waals surface area contributed by atoms with Crippen LogP contribution in [-0.2, 0) is 0 Å². The van der Waals surface area contributed by atoms with E-state index in [9.17, 15) is 0 Å². The first kappa shape index (κ1) is 14.1. The molecule has 0 spiro atoms. The van der Waals surface area contributed by atoms with E-state index in [0.29, 0.717) is 6.04 Å². The number of anilines is 1. The van der Waals surface area contributed by atoms with Crippen LogP contribution >= 0.6 is 15.9 Å². The van der Waals surface area contributed by atoms with Crippen molar-refractivity contribution in [2.24, 2.45) is 0 Å². The molecule has 17 heavy (non-hydrogen) atoms. The van der Waals surface area contributed by atoms with Gasteiger partial charge in [-0.1, -0.05) is 22.0 Å². The van der Waals surface area contributed by atoms with Crippen molar-refractivity contribution >= 4 is 21.6 Å². The first-order chi connectivity index (χ1) is 8.08. The van der Waals surface area contributed by atoms with Crippen LogP contribution in [0.5, 0.6) is 5.75 Å². The first-order valence-electron chi connectivity index (χ1n) is 5.80. The molecular weight excluding hydrogens is 278 g/mol. The van der Waals surface area contributed by atoms with Crippen LogP contribution < -0.4 is 10.1 Å². The van der Waals surface area contributed by atoms with Gasteiger partial charge < -0.3 is 10.1 Å². The summed E-state index contributed by atoms with van der Waals surface area (Å²) in [5.74, 6) is 0.877. The Morgan fingerprint density at radius 2 is 2.24 bits per heavy atom. The van der Waals surface area contributed by atoms with Gasteiger partial charge in [-0.15, -0.1) is 6.58 Å². The molecule has 0 amide bonds. The highest BCUT2D eigenvalue weighted by Crippen LogP contribution is 2.32. The molecule has 1 unspecified atom stereocenters. The lowest BCUT2D eigenvalue weighted by molar-refractivity contribution is 0.415. The van der Waals surface area contributed by atoms with E-state index in [0.717, 1.165) is 28.8 Å². The molecule has 0 radical (unpaired) electrons. The molecule has 0 bridgehead atoms. The highest BCUT2D eigenvalue weighted by molar-refractivity contribution is 9.10. The van der Waals surface area contributed by atoms with Crippen LogP contribution in [0.1, 0.15) is 25.3 Å². The highest BCUT2D eigenvalue weighted by atomic mass is 79.9. The van der Waals surface area contributed by atoms with Gasteiger partial charge in [0.25, 0.3) is 0 Å². The van der Waals surface area contributed by atoms with Gasteiger partial charge in [0.2, 0.25) is 0 Å². The number of benzene rings is 1. The predicted octanol–water partition coefficient (Wildman–Crippen LogP) is 4.53. The van der Waals surface area contributed by atoms with E-state index in [1.54, 1.807) is 7.11 Å². The normalized spacial score (nSPS) is 12.0. The number of aryl methyl sites for hydroxylation is 1. The van der Waals surface area contributed by atoms with E-state index < -0.39 is 0 Å². The SMILES string of the molecule is C=CCCC(C)Nc1c(C)cc(Br)cc1OC. The summed E-state index contributed by atoms with van der Waals surface area (Å²) in [7, 11) is 1.70. The van der Waals surface area contributed by atoms with Crippen molar-refractivity contribution < 1.29 is 4.74 Å². The number of rotatable bonds is 6. The predicted molar refractivity (Wildman–Crippen MR) is 77.9 cm³/mol. The van der Waals surface area contributed by atoms with Gasteiger partial charge in [0.1, 0.15) is 5.75 Å². The summed E-state index contributed by atoms with van der Waals surface area (Å²) in [6.45, 7) is 7.99. The molecule has 94 valence electrons. The molecule has 1 aromatic carbocycles. The molecule has 0 saturated carbocycles. The molecule has 3 heteroatoms. The lowest BCUT2D eigenvalue weighted by Gasteiger charge is -2.19. The second kappa shape index (κ2) is 6.70. The summed E-state index contributed by atoms with van der Waals surface area (Å²) in [5, 5.41) is 3.50. The maximum atomic E-state index is 5.40. The molecule has 1 rings (SSSR count). The van der Waals surface area contributed by atoms with Gasteiger partial charge in [-0.05, 0) is 44.4 Å². The van der Waals surface area contributed by atoms with E-state index in [2.05, 4.69) is 47.7 Å². The van der Waals surface area contributed by atoms with E-state index in [-0.39, 0.29) is 0 Å². The molecule has 1 atom stereocenters. The van der Waals surface area contributed by atoms with Gasteiger partial charge in [0.15, 0.2) is 0 Å². The Hall–Kier alpha value is -0.960. The fraction of sp³-hybridized carbons (Fsp3) is 0.429. The molecular formula is C14H20BrNO. The zero-order valence-corrected chi connectivity index (χ0v) is 12.3. The second-order valence-corrected chi connectivity index (χ2v) is 5.13. The van der Waals surface area contributed by atoms with Gasteiger partial charge in [-0.25, -0.2) is 0 Å². The summed E-state index contributed by atoms with van der Waals surface area (Å²) in [4.78, 5) is 0. The third-order valence-electron chi connectivity index (χ3n) is 2.68. The van der Waals surface area contributed by atoms with Gasteiger partial charge in [-0.2, -0.15) is 0 Å². The third kappa shape index (κ3) is 4.08. The fourth-order valence-electron chi connectivity index (χ4n) is 1.74. The van der Waals surface area contributed by atoms with Crippen molar-refractivity contribution in [3.63, 3.8) is 0 Å². The minimum Gasteiger partial charge on any atom is -0.495 e. The van der Waals surface area contributed by atoms with Crippen LogP contribution in [0.15, 0.2) is 29.3 Å². The summed E-state index contributed by atoms with van der Waals surface area (Å²) in [6.07, 6.45) is 4.04. The van der Waals surface area contributed by atoms with Gasteiger partial charge in [0.05, 0.1) is 12.8 Å². The van der Waals surface area contributed by atoms with Crippen LogP contribution in [0.3, 0.4) is 0 Å². The highest BCUT2D eigenvalue weighted by Gasteiger charge is 2.10. The number of methoxy groups -OCH3 is 1. The second-order valence-electron chi connectivity index (χ2n) is 4.21. The van der Waals surface area contributed by atoms with Crippen molar-refractivity contribution in [2.75, 3.05) is 12.4 Å². The Balaban J connectivity index is 2.85. The average molecular weight is 298 g/mol. The third-order valence-corrected chi connectivity index (χ3v) is 3.14. The van der Waals surface area contributed by atoms with Crippen molar-refractivity contribution in [3.05, 3.63) is 34.8 Å². The number of halogens is 1. The summed E-state index contributed by atoms with van der Waals surface area (Å²) < 4.78 is 6.44. The quantitative estimate of drug-likeness (QED) is 0.779. The molecule has 1 aromatic rings. The molecule has 0 saturated heterocycles. The molecule has 0 fully saturated rings. The smallest absolute Gasteiger partial charge is 0.143 e. The summed E-state index contributed by atoms with van der Waals surface area (Å²) >= 11 is 3.48. The minimum atomic E-state index is 0.404. The topological polar surface area (TPSA) is 21.3 Å².